The molecule has 0 saturated carbocycles. The predicted octanol–water partition coefficient (Wildman–Crippen LogP) is 2.94. The Balaban J connectivity index is 1.53. The quantitative estimate of drug-likeness (QED) is 0.887. The molecule has 3 nitrogen and oxygen atoms in total. The van der Waals surface area contributed by atoms with Crippen molar-refractivity contribution in [3.8, 4) is 5.75 Å². The van der Waals surface area contributed by atoms with Crippen molar-refractivity contribution >= 4 is 0 Å². The molecule has 4 rings (SSSR count). The van der Waals surface area contributed by atoms with Crippen molar-refractivity contribution in [1.29, 1.82) is 0 Å². The van der Waals surface area contributed by atoms with Gasteiger partial charge in [0.05, 0.1) is 13.2 Å². The van der Waals surface area contributed by atoms with E-state index in [0.29, 0.717) is 6.42 Å². The fraction of sp³-hybridized carbons (Fsp3) is 0.400. The Morgan fingerprint density at radius 2 is 2.17 bits per heavy atom. The molecule has 0 bridgehead atoms. The molecule has 0 radical (unpaired) electrons. The molecule has 2 aliphatic rings. The third kappa shape index (κ3) is 2.92. The highest BCUT2D eigenvalue weighted by molar-refractivity contribution is 5.51. The maximum Gasteiger partial charge on any atom is 0.123 e. The van der Waals surface area contributed by atoms with Gasteiger partial charge in [-0.3, -0.25) is 0 Å². The molecule has 1 heterocycles. The summed E-state index contributed by atoms with van der Waals surface area (Å²) < 4.78 is 19.1. The van der Waals surface area contributed by atoms with Gasteiger partial charge >= 0.3 is 0 Å². The van der Waals surface area contributed by atoms with Gasteiger partial charge in [-0.15, -0.1) is 0 Å². The minimum atomic E-state index is -0.231. The number of halogens is 1. The van der Waals surface area contributed by atoms with Crippen LogP contribution in [0.25, 0.3) is 0 Å². The number of benzene rings is 2. The Labute approximate surface area is 141 Å². The Morgan fingerprint density at radius 3 is 3.00 bits per heavy atom. The molecule has 0 spiro atoms. The van der Waals surface area contributed by atoms with E-state index in [1.807, 2.05) is 6.07 Å². The van der Waals surface area contributed by atoms with E-state index in [2.05, 4.69) is 17.4 Å². The molecule has 126 valence electrons. The van der Waals surface area contributed by atoms with Crippen molar-refractivity contribution in [1.82, 2.24) is 5.32 Å². The molecule has 24 heavy (non-hydrogen) atoms. The lowest BCUT2D eigenvalue weighted by atomic mass is 9.97. The van der Waals surface area contributed by atoms with Crippen LogP contribution in [0.3, 0.4) is 0 Å². The Kier molecular flexibility index (Phi) is 4.25. The summed E-state index contributed by atoms with van der Waals surface area (Å²) in [5, 5.41) is 13.4. The number of aryl methyl sites for hydroxylation is 1. The highest BCUT2D eigenvalue weighted by atomic mass is 19.1. The van der Waals surface area contributed by atoms with E-state index < -0.39 is 0 Å². The molecular weight excluding hydrogens is 305 g/mol. The lowest BCUT2D eigenvalue weighted by molar-refractivity contribution is 0.230. The number of ether oxygens (including phenoxy) is 1. The summed E-state index contributed by atoms with van der Waals surface area (Å²) >= 11 is 0. The third-order valence-electron chi connectivity index (χ3n) is 5.09. The van der Waals surface area contributed by atoms with Crippen LogP contribution in [0.2, 0.25) is 0 Å². The highest BCUT2D eigenvalue weighted by Gasteiger charge is 2.30. The van der Waals surface area contributed by atoms with Crippen LogP contribution in [0.5, 0.6) is 5.75 Å². The van der Waals surface area contributed by atoms with Gasteiger partial charge in [0.15, 0.2) is 0 Å². The van der Waals surface area contributed by atoms with E-state index >= 15 is 0 Å². The molecule has 0 fully saturated rings. The first kappa shape index (κ1) is 15.6. The predicted molar refractivity (Wildman–Crippen MR) is 90.8 cm³/mol. The van der Waals surface area contributed by atoms with Crippen LogP contribution in [0.15, 0.2) is 36.4 Å². The molecule has 4 heteroatoms. The normalized spacial score (nSPS) is 19.7. The van der Waals surface area contributed by atoms with E-state index in [0.717, 1.165) is 37.2 Å². The lowest BCUT2D eigenvalue weighted by Gasteiger charge is -2.23. The van der Waals surface area contributed by atoms with Crippen molar-refractivity contribution < 1.29 is 14.2 Å². The highest BCUT2D eigenvalue weighted by Crippen LogP contribution is 2.40. The molecule has 2 N–H and O–H groups in total. The van der Waals surface area contributed by atoms with Crippen LogP contribution < -0.4 is 10.1 Å². The summed E-state index contributed by atoms with van der Waals surface area (Å²) in [5.41, 5.74) is 4.98. The molecule has 0 saturated heterocycles. The molecule has 2 aromatic rings. The van der Waals surface area contributed by atoms with Crippen LogP contribution in [0.1, 0.15) is 34.7 Å². The maximum atomic E-state index is 13.4. The van der Waals surface area contributed by atoms with Crippen molar-refractivity contribution in [2.24, 2.45) is 0 Å². The van der Waals surface area contributed by atoms with Crippen LogP contribution in [-0.2, 0) is 19.3 Å². The van der Waals surface area contributed by atoms with Crippen molar-refractivity contribution in [3.05, 3.63) is 64.5 Å². The number of hydrogen-bond acceptors (Lipinski definition) is 3. The lowest BCUT2D eigenvalue weighted by Crippen LogP contribution is -2.37. The number of aliphatic hydroxyl groups excluding tert-OH is 1. The zero-order valence-electron chi connectivity index (χ0n) is 13.6. The van der Waals surface area contributed by atoms with Crippen LogP contribution in [0, 0.1) is 5.82 Å². The molecule has 2 unspecified atom stereocenters. The van der Waals surface area contributed by atoms with Gasteiger partial charge in [0, 0.05) is 24.1 Å². The van der Waals surface area contributed by atoms with Crippen LogP contribution in [0.4, 0.5) is 4.39 Å². The van der Waals surface area contributed by atoms with Crippen molar-refractivity contribution in [2.45, 2.75) is 37.8 Å². The molecular formula is C20H22FNO2. The fourth-order valence-corrected chi connectivity index (χ4v) is 4.02. The van der Waals surface area contributed by atoms with Crippen LogP contribution in [-0.4, -0.2) is 24.4 Å². The Morgan fingerprint density at radius 1 is 1.25 bits per heavy atom. The van der Waals surface area contributed by atoms with Gasteiger partial charge in [-0.25, -0.2) is 4.39 Å². The van der Waals surface area contributed by atoms with E-state index in [1.54, 1.807) is 12.1 Å². The number of nitrogens with one attached hydrogen (secondary N) is 1. The monoisotopic (exact) mass is 327 g/mol. The first-order valence-corrected chi connectivity index (χ1v) is 8.63. The summed E-state index contributed by atoms with van der Waals surface area (Å²) in [5.74, 6) is 0.776. The second kappa shape index (κ2) is 6.54. The Bertz CT molecular complexity index is 746. The van der Waals surface area contributed by atoms with Gasteiger partial charge in [0.2, 0.25) is 0 Å². The number of hydrogen-bond donors (Lipinski definition) is 2. The van der Waals surface area contributed by atoms with E-state index in [4.69, 9.17) is 4.74 Å². The third-order valence-corrected chi connectivity index (χ3v) is 5.09. The van der Waals surface area contributed by atoms with Gasteiger partial charge in [0.1, 0.15) is 11.6 Å². The summed E-state index contributed by atoms with van der Waals surface area (Å²) in [6.07, 6.45) is 3.67. The first-order valence-electron chi connectivity index (χ1n) is 8.63. The SMILES string of the molecule is OCC(Cc1cccc(F)c1)NC1CCc2ccc3c(c21)CCO3. The summed E-state index contributed by atoms with van der Waals surface area (Å²) in [4.78, 5) is 0. The molecule has 0 aromatic heterocycles. The Hall–Kier alpha value is -1.91. The molecule has 1 aliphatic heterocycles. The van der Waals surface area contributed by atoms with Crippen molar-refractivity contribution in [3.63, 3.8) is 0 Å². The van der Waals surface area contributed by atoms with E-state index in [9.17, 15) is 9.50 Å². The van der Waals surface area contributed by atoms with Gasteiger partial charge in [-0.2, -0.15) is 0 Å². The van der Waals surface area contributed by atoms with Crippen molar-refractivity contribution in [2.75, 3.05) is 13.2 Å². The van der Waals surface area contributed by atoms with E-state index in [-0.39, 0.29) is 24.5 Å². The summed E-state index contributed by atoms with van der Waals surface area (Å²) in [6, 6.07) is 11.0. The summed E-state index contributed by atoms with van der Waals surface area (Å²) in [6.45, 7) is 0.791. The second-order valence-electron chi connectivity index (χ2n) is 6.68. The zero-order chi connectivity index (χ0) is 16.5. The number of aliphatic hydroxyl groups is 1. The van der Waals surface area contributed by atoms with Gasteiger partial charge in [-0.05, 0) is 54.2 Å². The zero-order valence-corrected chi connectivity index (χ0v) is 13.6. The largest absolute Gasteiger partial charge is 0.493 e. The molecule has 2 atom stereocenters. The minimum Gasteiger partial charge on any atom is -0.493 e. The number of fused-ring (bicyclic) bond motifs is 3. The summed E-state index contributed by atoms with van der Waals surface area (Å²) in [7, 11) is 0. The topological polar surface area (TPSA) is 41.5 Å². The van der Waals surface area contributed by atoms with E-state index in [1.165, 1.54) is 22.8 Å². The van der Waals surface area contributed by atoms with Crippen LogP contribution >= 0.6 is 0 Å². The average molecular weight is 327 g/mol. The molecule has 2 aromatic carbocycles. The maximum absolute atomic E-state index is 13.4. The smallest absolute Gasteiger partial charge is 0.123 e. The molecule has 0 amide bonds. The number of rotatable bonds is 5. The molecule has 1 aliphatic carbocycles. The average Bonchev–Trinajstić information content (AvgIpc) is 3.20. The van der Waals surface area contributed by atoms with Gasteiger partial charge in [-0.1, -0.05) is 18.2 Å². The minimum absolute atomic E-state index is 0.0356. The standard InChI is InChI=1S/C20H22FNO2/c21-15-3-1-2-13(10-15)11-16(12-23)22-18-6-4-14-5-7-19-17(20(14)18)8-9-24-19/h1-3,5,7,10,16,18,22-23H,4,6,8-9,11-12H2. The first-order chi connectivity index (χ1) is 11.7. The fourth-order valence-electron chi connectivity index (χ4n) is 4.02. The van der Waals surface area contributed by atoms with Gasteiger partial charge in [0.25, 0.3) is 0 Å². The van der Waals surface area contributed by atoms with Gasteiger partial charge < -0.3 is 15.2 Å². The second-order valence-corrected chi connectivity index (χ2v) is 6.68.